The van der Waals surface area contributed by atoms with Gasteiger partial charge in [-0.3, -0.25) is 4.79 Å². The van der Waals surface area contributed by atoms with Crippen molar-refractivity contribution in [3.8, 4) is 11.3 Å². The van der Waals surface area contributed by atoms with Gasteiger partial charge in [0.2, 0.25) is 0 Å². The van der Waals surface area contributed by atoms with Gasteiger partial charge in [0, 0.05) is 17.2 Å². The number of nitrogens with one attached hydrogen (secondary N) is 1. The lowest BCUT2D eigenvalue weighted by Crippen LogP contribution is -2.22. The molecular formula is C18H15FN2O2. The van der Waals surface area contributed by atoms with E-state index in [0.29, 0.717) is 17.0 Å². The number of aromatic nitrogens is 1. The Bertz CT molecular complexity index is 808. The van der Waals surface area contributed by atoms with Crippen molar-refractivity contribution in [2.24, 2.45) is 0 Å². The maximum Gasteiger partial charge on any atom is 0.251 e. The number of aryl methyl sites for hydroxylation is 1. The fourth-order valence-corrected chi connectivity index (χ4v) is 2.12. The van der Waals surface area contributed by atoms with Crippen molar-refractivity contribution < 1.29 is 13.7 Å². The maximum absolute atomic E-state index is 12.8. The van der Waals surface area contributed by atoms with Crippen LogP contribution in [0.25, 0.3) is 11.3 Å². The van der Waals surface area contributed by atoms with Crippen LogP contribution >= 0.6 is 0 Å². The zero-order valence-corrected chi connectivity index (χ0v) is 12.5. The van der Waals surface area contributed by atoms with E-state index in [2.05, 4.69) is 10.5 Å². The van der Waals surface area contributed by atoms with Crippen LogP contribution in [0.4, 0.5) is 4.39 Å². The average Bonchev–Trinajstić information content (AvgIpc) is 3.03. The number of nitrogens with zero attached hydrogens (tertiary/aromatic N) is 1. The predicted octanol–water partition coefficient (Wildman–Crippen LogP) is 3.72. The fraction of sp³-hybridized carbons (Fsp3) is 0.111. The molecule has 0 bridgehead atoms. The lowest BCUT2D eigenvalue weighted by molar-refractivity contribution is 0.0950. The van der Waals surface area contributed by atoms with Gasteiger partial charge in [-0.05, 0) is 31.2 Å². The van der Waals surface area contributed by atoms with Crippen LogP contribution < -0.4 is 5.32 Å². The number of rotatable bonds is 4. The first-order valence-corrected chi connectivity index (χ1v) is 7.18. The van der Waals surface area contributed by atoms with Gasteiger partial charge in [0.15, 0.2) is 5.76 Å². The molecule has 116 valence electrons. The molecule has 2 aromatic carbocycles. The minimum atomic E-state index is -0.374. The van der Waals surface area contributed by atoms with Gasteiger partial charge in [-0.1, -0.05) is 35.0 Å². The molecule has 23 heavy (non-hydrogen) atoms. The molecule has 0 aliphatic carbocycles. The number of carbonyl (C=O) groups excluding carboxylic acids is 1. The summed E-state index contributed by atoms with van der Waals surface area (Å²) in [6.45, 7) is 2.26. The molecular weight excluding hydrogens is 295 g/mol. The molecule has 0 saturated heterocycles. The minimum Gasteiger partial charge on any atom is -0.356 e. The van der Waals surface area contributed by atoms with E-state index in [4.69, 9.17) is 4.52 Å². The van der Waals surface area contributed by atoms with Gasteiger partial charge in [0.05, 0.1) is 6.54 Å². The summed E-state index contributed by atoms with van der Waals surface area (Å²) in [7, 11) is 0. The van der Waals surface area contributed by atoms with Crippen molar-refractivity contribution in [1.82, 2.24) is 10.5 Å². The highest BCUT2D eigenvalue weighted by atomic mass is 19.1. The maximum atomic E-state index is 12.8. The number of benzene rings is 2. The van der Waals surface area contributed by atoms with Crippen molar-refractivity contribution in [3.63, 3.8) is 0 Å². The molecule has 4 nitrogen and oxygen atoms in total. The van der Waals surface area contributed by atoms with Crippen LogP contribution in [0.2, 0.25) is 0 Å². The second-order valence-electron chi connectivity index (χ2n) is 5.24. The van der Waals surface area contributed by atoms with Crippen molar-refractivity contribution in [2.45, 2.75) is 13.5 Å². The minimum absolute atomic E-state index is 0.242. The van der Waals surface area contributed by atoms with Crippen LogP contribution in [0, 0.1) is 12.7 Å². The summed E-state index contributed by atoms with van der Waals surface area (Å²) < 4.78 is 18.1. The van der Waals surface area contributed by atoms with Crippen LogP contribution in [0.1, 0.15) is 21.6 Å². The first-order valence-electron chi connectivity index (χ1n) is 7.18. The number of hydrogen-bond donors (Lipinski definition) is 1. The topological polar surface area (TPSA) is 55.1 Å². The molecule has 3 aromatic rings. The Balaban J connectivity index is 1.64. The SMILES string of the molecule is Cc1ccc(-c2cc(CNC(=O)c3ccc(F)cc3)no2)cc1. The molecule has 0 saturated carbocycles. The lowest BCUT2D eigenvalue weighted by Gasteiger charge is -2.02. The fourth-order valence-electron chi connectivity index (χ4n) is 2.12. The molecule has 0 radical (unpaired) electrons. The summed E-state index contributed by atoms with van der Waals surface area (Å²) in [6.07, 6.45) is 0. The summed E-state index contributed by atoms with van der Waals surface area (Å²) in [4.78, 5) is 12.0. The van der Waals surface area contributed by atoms with Gasteiger partial charge in [-0.25, -0.2) is 4.39 Å². The molecule has 0 fully saturated rings. The molecule has 1 N–H and O–H groups in total. The molecule has 1 heterocycles. The van der Waals surface area contributed by atoms with E-state index >= 15 is 0 Å². The van der Waals surface area contributed by atoms with Crippen LogP contribution in [0.5, 0.6) is 0 Å². The largest absolute Gasteiger partial charge is 0.356 e. The predicted molar refractivity (Wildman–Crippen MR) is 84.2 cm³/mol. The zero-order chi connectivity index (χ0) is 16.2. The Morgan fingerprint density at radius 1 is 1.13 bits per heavy atom. The van der Waals surface area contributed by atoms with Crippen molar-refractivity contribution in [2.75, 3.05) is 0 Å². The number of hydrogen-bond acceptors (Lipinski definition) is 3. The second kappa shape index (κ2) is 6.44. The summed E-state index contributed by atoms with van der Waals surface area (Å²) in [6, 6.07) is 15.1. The Hall–Kier alpha value is -2.95. The van der Waals surface area contributed by atoms with E-state index in [0.717, 1.165) is 5.56 Å². The normalized spacial score (nSPS) is 10.5. The summed E-state index contributed by atoms with van der Waals surface area (Å²) in [5.74, 6) is -0.0123. The van der Waals surface area contributed by atoms with Gasteiger partial charge < -0.3 is 9.84 Å². The van der Waals surface area contributed by atoms with Gasteiger partial charge in [-0.2, -0.15) is 0 Å². The van der Waals surface area contributed by atoms with Gasteiger partial charge in [0.25, 0.3) is 5.91 Å². The number of carbonyl (C=O) groups is 1. The van der Waals surface area contributed by atoms with E-state index in [1.807, 2.05) is 31.2 Å². The number of halogens is 1. The highest BCUT2D eigenvalue weighted by Crippen LogP contribution is 2.20. The smallest absolute Gasteiger partial charge is 0.251 e. The van der Waals surface area contributed by atoms with Crippen LogP contribution in [-0.4, -0.2) is 11.1 Å². The standard InChI is InChI=1S/C18H15FN2O2/c1-12-2-4-13(5-3-12)17-10-16(21-23-17)11-20-18(22)14-6-8-15(19)9-7-14/h2-10H,11H2,1H3,(H,20,22). The third-order valence-electron chi connectivity index (χ3n) is 3.43. The van der Waals surface area contributed by atoms with E-state index in [9.17, 15) is 9.18 Å². The van der Waals surface area contributed by atoms with E-state index < -0.39 is 0 Å². The van der Waals surface area contributed by atoms with E-state index in [-0.39, 0.29) is 18.3 Å². The first kappa shape index (κ1) is 15.0. The zero-order valence-electron chi connectivity index (χ0n) is 12.5. The Kier molecular flexibility index (Phi) is 4.19. The molecule has 0 atom stereocenters. The average molecular weight is 310 g/mol. The van der Waals surface area contributed by atoms with Crippen LogP contribution in [0.15, 0.2) is 59.1 Å². The molecule has 0 unspecified atom stereocenters. The first-order chi connectivity index (χ1) is 11.1. The highest BCUT2D eigenvalue weighted by molar-refractivity contribution is 5.94. The number of amides is 1. The highest BCUT2D eigenvalue weighted by Gasteiger charge is 2.09. The van der Waals surface area contributed by atoms with Crippen molar-refractivity contribution in [1.29, 1.82) is 0 Å². The molecule has 5 heteroatoms. The summed E-state index contributed by atoms with van der Waals surface area (Å²) in [5, 5.41) is 6.67. The third kappa shape index (κ3) is 3.63. The van der Waals surface area contributed by atoms with Crippen LogP contribution in [-0.2, 0) is 6.54 Å². The van der Waals surface area contributed by atoms with E-state index in [1.54, 1.807) is 6.07 Å². The molecule has 3 rings (SSSR count). The van der Waals surface area contributed by atoms with Crippen LogP contribution in [0.3, 0.4) is 0 Å². The molecule has 1 amide bonds. The Morgan fingerprint density at radius 3 is 2.52 bits per heavy atom. The second-order valence-corrected chi connectivity index (χ2v) is 5.24. The van der Waals surface area contributed by atoms with Gasteiger partial charge in [0.1, 0.15) is 11.5 Å². The molecule has 0 aliphatic heterocycles. The summed E-state index contributed by atoms with van der Waals surface area (Å²) >= 11 is 0. The quantitative estimate of drug-likeness (QED) is 0.799. The summed E-state index contributed by atoms with van der Waals surface area (Å²) in [5.41, 5.74) is 3.11. The molecule has 0 aliphatic rings. The van der Waals surface area contributed by atoms with E-state index in [1.165, 1.54) is 29.8 Å². The molecule has 1 aromatic heterocycles. The Morgan fingerprint density at radius 2 is 1.83 bits per heavy atom. The third-order valence-corrected chi connectivity index (χ3v) is 3.43. The van der Waals surface area contributed by atoms with Crippen molar-refractivity contribution in [3.05, 3.63) is 77.2 Å². The van der Waals surface area contributed by atoms with Gasteiger partial charge >= 0.3 is 0 Å². The van der Waals surface area contributed by atoms with Crippen molar-refractivity contribution >= 4 is 5.91 Å². The Labute approximate surface area is 132 Å². The van der Waals surface area contributed by atoms with Gasteiger partial charge in [-0.15, -0.1) is 0 Å². The molecule has 0 spiro atoms. The monoisotopic (exact) mass is 310 g/mol. The lowest BCUT2D eigenvalue weighted by atomic mass is 10.1.